The minimum atomic E-state index is -0.525. The molecule has 4 rings (SSSR count). The van der Waals surface area contributed by atoms with Gasteiger partial charge in [-0.25, -0.2) is 13.9 Å². The van der Waals surface area contributed by atoms with Crippen LogP contribution in [0.1, 0.15) is 6.42 Å². The summed E-state index contributed by atoms with van der Waals surface area (Å²) >= 11 is 1.49. The molecule has 0 bridgehead atoms. The Morgan fingerprint density at radius 2 is 2.13 bits per heavy atom. The highest BCUT2D eigenvalue weighted by Crippen LogP contribution is 2.25. The molecule has 0 saturated carbocycles. The predicted molar refractivity (Wildman–Crippen MR) is 111 cm³/mol. The Balaban J connectivity index is 1.35. The van der Waals surface area contributed by atoms with E-state index in [1.807, 2.05) is 17.5 Å². The Morgan fingerprint density at radius 3 is 2.87 bits per heavy atom. The summed E-state index contributed by atoms with van der Waals surface area (Å²) in [5, 5.41) is 9.03. The van der Waals surface area contributed by atoms with E-state index >= 15 is 0 Å². The average molecular weight is 429 g/mol. The van der Waals surface area contributed by atoms with Crippen LogP contribution in [0.25, 0.3) is 10.7 Å². The molecule has 0 spiro atoms. The van der Waals surface area contributed by atoms with E-state index in [4.69, 9.17) is 0 Å². The summed E-state index contributed by atoms with van der Waals surface area (Å²) in [4.78, 5) is 39.4. The molecule has 1 unspecified atom stereocenters. The number of amides is 2. The molecule has 2 aromatic heterocycles. The highest BCUT2D eigenvalue weighted by atomic mass is 32.1. The van der Waals surface area contributed by atoms with Crippen LogP contribution >= 0.6 is 11.3 Å². The number of halogens is 1. The van der Waals surface area contributed by atoms with Crippen molar-refractivity contribution < 1.29 is 14.0 Å². The van der Waals surface area contributed by atoms with Gasteiger partial charge in [-0.2, -0.15) is 0 Å². The van der Waals surface area contributed by atoms with Gasteiger partial charge in [0.05, 0.1) is 17.3 Å². The van der Waals surface area contributed by atoms with E-state index in [-0.39, 0.29) is 43.6 Å². The standard InChI is InChI=1S/C20H20FN5O3S/c1-24-18(16-6-3-9-30-16)23-26(20(24)29)8-7-22-19(28)13-10-17(27)25(12-13)15-5-2-4-14(21)11-15/h2-6,9,11,13H,7-8,10,12H2,1H3,(H,22,28). The third kappa shape index (κ3) is 3.90. The first-order chi connectivity index (χ1) is 14.4. The topological polar surface area (TPSA) is 89.2 Å². The number of carbonyl (C=O) groups is 2. The first-order valence-electron chi connectivity index (χ1n) is 9.45. The van der Waals surface area contributed by atoms with Crippen LogP contribution in [0.5, 0.6) is 0 Å². The quantitative estimate of drug-likeness (QED) is 0.645. The number of carbonyl (C=O) groups excluding carboxylic acids is 2. The van der Waals surface area contributed by atoms with E-state index in [1.54, 1.807) is 13.1 Å². The minimum Gasteiger partial charge on any atom is -0.354 e. The number of thiophene rings is 1. The summed E-state index contributed by atoms with van der Waals surface area (Å²) in [6, 6.07) is 9.52. The van der Waals surface area contributed by atoms with Crippen molar-refractivity contribution in [1.29, 1.82) is 0 Å². The van der Waals surface area contributed by atoms with Gasteiger partial charge < -0.3 is 10.2 Å². The van der Waals surface area contributed by atoms with E-state index in [1.165, 1.54) is 43.7 Å². The number of benzene rings is 1. The first-order valence-corrected chi connectivity index (χ1v) is 10.3. The summed E-state index contributed by atoms with van der Waals surface area (Å²) in [7, 11) is 1.66. The van der Waals surface area contributed by atoms with Gasteiger partial charge in [-0.15, -0.1) is 16.4 Å². The third-order valence-electron chi connectivity index (χ3n) is 5.02. The zero-order valence-corrected chi connectivity index (χ0v) is 17.1. The van der Waals surface area contributed by atoms with E-state index in [0.717, 1.165) is 4.88 Å². The molecule has 0 radical (unpaired) electrons. The van der Waals surface area contributed by atoms with Gasteiger partial charge in [0.15, 0.2) is 5.82 Å². The van der Waals surface area contributed by atoms with Crippen LogP contribution < -0.4 is 15.9 Å². The van der Waals surface area contributed by atoms with Crippen LogP contribution in [0.4, 0.5) is 10.1 Å². The molecule has 30 heavy (non-hydrogen) atoms. The van der Waals surface area contributed by atoms with Crippen LogP contribution in [-0.4, -0.2) is 39.3 Å². The first kappa shape index (κ1) is 20.0. The Morgan fingerprint density at radius 1 is 1.30 bits per heavy atom. The summed E-state index contributed by atoms with van der Waals surface area (Å²) in [6.07, 6.45) is 0.0639. The number of rotatable bonds is 6. The van der Waals surface area contributed by atoms with Crippen molar-refractivity contribution in [2.24, 2.45) is 13.0 Å². The lowest BCUT2D eigenvalue weighted by Gasteiger charge is -2.16. The van der Waals surface area contributed by atoms with Crippen molar-refractivity contribution in [2.75, 3.05) is 18.0 Å². The molecule has 1 aliphatic rings. The van der Waals surface area contributed by atoms with E-state index in [2.05, 4.69) is 10.4 Å². The average Bonchev–Trinajstić information content (AvgIpc) is 3.44. The summed E-state index contributed by atoms with van der Waals surface area (Å²) in [5.41, 5.74) is 0.178. The van der Waals surface area contributed by atoms with E-state index in [0.29, 0.717) is 11.5 Å². The summed E-state index contributed by atoms with van der Waals surface area (Å²) < 4.78 is 16.2. The number of hydrogen-bond donors (Lipinski definition) is 1. The lowest BCUT2D eigenvalue weighted by atomic mass is 10.1. The van der Waals surface area contributed by atoms with Crippen molar-refractivity contribution in [3.05, 3.63) is 58.1 Å². The van der Waals surface area contributed by atoms with Gasteiger partial charge in [-0.05, 0) is 29.6 Å². The third-order valence-corrected chi connectivity index (χ3v) is 5.89. The molecule has 3 aromatic rings. The van der Waals surface area contributed by atoms with Gasteiger partial charge in [-0.1, -0.05) is 12.1 Å². The molecule has 10 heteroatoms. The largest absolute Gasteiger partial charge is 0.354 e. The molecule has 8 nitrogen and oxygen atoms in total. The highest BCUT2D eigenvalue weighted by Gasteiger charge is 2.35. The van der Waals surface area contributed by atoms with Crippen LogP contribution in [0.2, 0.25) is 0 Å². The normalized spacial score (nSPS) is 16.3. The van der Waals surface area contributed by atoms with Crippen LogP contribution in [0.3, 0.4) is 0 Å². The molecule has 1 atom stereocenters. The molecule has 1 saturated heterocycles. The van der Waals surface area contributed by atoms with Crippen molar-refractivity contribution in [3.63, 3.8) is 0 Å². The lowest BCUT2D eigenvalue weighted by Crippen LogP contribution is -2.36. The number of aromatic nitrogens is 3. The lowest BCUT2D eigenvalue weighted by molar-refractivity contribution is -0.126. The maximum Gasteiger partial charge on any atom is 0.346 e. The van der Waals surface area contributed by atoms with Gasteiger partial charge in [-0.3, -0.25) is 14.2 Å². The highest BCUT2D eigenvalue weighted by molar-refractivity contribution is 7.13. The smallest absolute Gasteiger partial charge is 0.346 e. The van der Waals surface area contributed by atoms with Gasteiger partial charge in [0.2, 0.25) is 11.8 Å². The van der Waals surface area contributed by atoms with E-state index in [9.17, 15) is 18.8 Å². The van der Waals surface area contributed by atoms with Crippen molar-refractivity contribution in [3.8, 4) is 10.7 Å². The summed E-state index contributed by atoms with van der Waals surface area (Å²) in [6.45, 7) is 0.628. The second-order valence-corrected chi connectivity index (χ2v) is 7.99. The van der Waals surface area contributed by atoms with Crippen molar-refractivity contribution in [2.45, 2.75) is 13.0 Å². The number of nitrogens with zero attached hydrogens (tertiary/aromatic N) is 4. The molecular weight excluding hydrogens is 409 g/mol. The number of anilines is 1. The van der Waals surface area contributed by atoms with E-state index < -0.39 is 11.7 Å². The molecule has 0 aliphatic carbocycles. The van der Waals surface area contributed by atoms with Gasteiger partial charge in [0.1, 0.15) is 5.82 Å². The molecular formula is C20H20FN5O3S. The van der Waals surface area contributed by atoms with Crippen LogP contribution in [0, 0.1) is 11.7 Å². The monoisotopic (exact) mass is 429 g/mol. The second-order valence-electron chi connectivity index (χ2n) is 7.04. The zero-order valence-electron chi connectivity index (χ0n) is 16.2. The minimum absolute atomic E-state index is 0.0639. The Bertz CT molecular complexity index is 1140. The molecule has 3 heterocycles. The zero-order chi connectivity index (χ0) is 21.3. The summed E-state index contributed by atoms with van der Waals surface area (Å²) in [5.74, 6) is -0.876. The van der Waals surface area contributed by atoms with Crippen molar-refractivity contribution >= 4 is 28.8 Å². The maximum atomic E-state index is 13.4. The van der Waals surface area contributed by atoms with Gasteiger partial charge >= 0.3 is 5.69 Å². The van der Waals surface area contributed by atoms with Gasteiger partial charge in [0.25, 0.3) is 0 Å². The van der Waals surface area contributed by atoms with Crippen molar-refractivity contribution in [1.82, 2.24) is 19.7 Å². The molecule has 1 fully saturated rings. The SMILES string of the molecule is Cn1c(-c2cccs2)nn(CCNC(=O)C2CC(=O)N(c3cccc(F)c3)C2)c1=O. The Kier molecular flexibility index (Phi) is 5.49. The number of nitrogens with one attached hydrogen (secondary N) is 1. The molecule has 1 N–H and O–H groups in total. The molecule has 1 aliphatic heterocycles. The van der Waals surface area contributed by atoms with Gasteiger partial charge in [0, 0.05) is 32.2 Å². The molecule has 2 amide bonds. The fourth-order valence-corrected chi connectivity index (χ4v) is 4.20. The molecule has 156 valence electrons. The second kappa shape index (κ2) is 8.23. The fourth-order valence-electron chi connectivity index (χ4n) is 3.46. The van der Waals surface area contributed by atoms with Crippen LogP contribution in [-0.2, 0) is 23.2 Å². The Hall–Kier alpha value is -3.27. The fraction of sp³-hybridized carbons (Fsp3) is 0.300. The molecule has 1 aromatic carbocycles. The number of hydrogen-bond acceptors (Lipinski definition) is 5. The predicted octanol–water partition coefficient (Wildman–Crippen LogP) is 1.62. The maximum absolute atomic E-state index is 13.4. The van der Waals surface area contributed by atoms with Crippen LogP contribution in [0.15, 0.2) is 46.6 Å². The Labute approximate surface area is 175 Å².